The van der Waals surface area contributed by atoms with Gasteiger partial charge in [-0.15, -0.1) is 0 Å². The molecule has 0 radical (unpaired) electrons. The fourth-order valence-electron chi connectivity index (χ4n) is 3.11. The number of morpholine rings is 1. The second-order valence-electron chi connectivity index (χ2n) is 6.92. The average Bonchev–Trinajstić information content (AvgIpc) is 2.74. The van der Waals surface area contributed by atoms with Crippen molar-refractivity contribution in [1.82, 2.24) is 4.31 Å². The van der Waals surface area contributed by atoms with Crippen LogP contribution in [0.2, 0.25) is 5.02 Å². The zero-order valence-electron chi connectivity index (χ0n) is 16.4. The maximum absolute atomic E-state index is 12.9. The number of aryl methyl sites for hydroxylation is 1. The van der Waals surface area contributed by atoms with E-state index in [2.05, 4.69) is 12.2 Å². The molecule has 0 atom stereocenters. The van der Waals surface area contributed by atoms with E-state index in [1.54, 1.807) is 0 Å². The molecule has 0 saturated carbocycles. The van der Waals surface area contributed by atoms with Gasteiger partial charge in [-0.2, -0.15) is 4.31 Å². The zero-order valence-corrected chi connectivity index (χ0v) is 17.9. The number of carbonyl (C=O) groups excluding carboxylic acids is 1. The molecule has 1 saturated heterocycles. The van der Waals surface area contributed by atoms with Crippen molar-refractivity contribution < 1.29 is 17.9 Å². The molecular weight excluding hydrogens is 412 g/mol. The number of nitrogens with one attached hydrogen (secondary N) is 1. The number of hydrogen-bond donors (Lipinski definition) is 1. The molecular formula is C21H25ClN2O4S. The number of benzene rings is 2. The van der Waals surface area contributed by atoms with Crippen LogP contribution in [0.1, 0.15) is 35.7 Å². The number of hydrogen-bond acceptors (Lipinski definition) is 4. The van der Waals surface area contributed by atoms with Crippen molar-refractivity contribution in [2.75, 3.05) is 31.6 Å². The van der Waals surface area contributed by atoms with Gasteiger partial charge in [-0.3, -0.25) is 4.79 Å². The van der Waals surface area contributed by atoms with Crippen molar-refractivity contribution in [3.05, 3.63) is 58.6 Å². The lowest BCUT2D eigenvalue weighted by molar-refractivity contribution is 0.0730. The van der Waals surface area contributed by atoms with Gasteiger partial charge in [-0.1, -0.05) is 37.1 Å². The summed E-state index contributed by atoms with van der Waals surface area (Å²) in [4.78, 5) is 12.6. The normalized spacial score (nSPS) is 15.2. The number of unbranched alkanes of at least 4 members (excludes halogenated alkanes) is 1. The number of rotatable bonds is 7. The molecule has 0 bridgehead atoms. The van der Waals surface area contributed by atoms with Gasteiger partial charge in [0.15, 0.2) is 0 Å². The Morgan fingerprint density at radius 3 is 2.48 bits per heavy atom. The summed E-state index contributed by atoms with van der Waals surface area (Å²) < 4.78 is 32.4. The Hall–Kier alpha value is -1.93. The first-order valence-electron chi connectivity index (χ1n) is 9.69. The zero-order chi connectivity index (χ0) is 20.9. The molecule has 1 heterocycles. The van der Waals surface area contributed by atoms with E-state index in [0.29, 0.717) is 18.9 Å². The van der Waals surface area contributed by atoms with Crippen molar-refractivity contribution >= 4 is 33.2 Å². The van der Waals surface area contributed by atoms with Crippen LogP contribution in [-0.2, 0) is 21.2 Å². The highest BCUT2D eigenvalue weighted by Gasteiger charge is 2.29. The molecule has 0 spiro atoms. The van der Waals surface area contributed by atoms with Gasteiger partial charge in [0.05, 0.1) is 18.2 Å². The SMILES string of the molecule is CCCCc1ccc(NC(=O)c2ccc(Cl)c(S(=O)(=O)N3CCOCC3)c2)cc1. The van der Waals surface area contributed by atoms with Crippen LogP contribution in [0.25, 0.3) is 0 Å². The Bertz CT molecular complexity index is 955. The number of sulfonamides is 1. The minimum Gasteiger partial charge on any atom is -0.379 e. The van der Waals surface area contributed by atoms with Crippen LogP contribution in [0.5, 0.6) is 0 Å². The van der Waals surface area contributed by atoms with Crippen molar-refractivity contribution in [2.45, 2.75) is 31.1 Å². The van der Waals surface area contributed by atoms with Gasteiger partial charge in [0, 0.05) is 24.3 Å². The summed E-state index contributed by atoms with van der Waals surface area (Å²) in [5.41, 5.74) is 2.11. The highest BCUT2D eigenvalue weighted by atomic mass is 35.5. The first-order chi connectivity index (χ1) is 13.9. The molecule has 2 aromatic rings. The first-order valence-corrected chi connectivity index (χ1v) is 11.5. The Balaban J connectivity index is 1.77. The predicted octanol–water partition coefficient (Wildman–Crippen LogP) is 3.96. The lowest BCUT2D eigenvalue weighted by Crippen LogP contribution is -2.40. The molecule has 156 valence electrons. The van der Waals surface area contributed by atoms with E-state index in [4.69, 9.17) is 16.3 Å². The number of anilines is 1. The van der Waals surface area contributed by atoms with Gasteiger partial charge in [0.1, 0.15) is 4.90 Å². The summed E-state index contributed by atoms with van der Waals surface area (Å²) in [5, 5.41) is 2.90. The molecule has 0 aliphatic carbocycles. The van der Waals surface area contributed by atoms with Gasteiger partial charge < -0.3 is 10.1 Å². The summed E-state index contributed by atoms with van der Waals surface area (Å²) in [6.45, 7) is 3.35. The van der Waals surface area contributed by atoms with Gasteiger partial charge >= 0.3 is 0 Å². The number of nitrogens with zero attached hydrogens (tertiary/aromatic N) is 1. The second-order valence-corrected chi connectivity index (χ2v) is 9.23. The minimum absolute atomic E-state index is 0.0661. The summed E-state index contributed by atoms with van der Waals surface area (Å²) in [5.74, 6) is -0.388. The Morgan fingerprint density at radius 2 is 1.83 bits per heavy atom. The third kappa shape index (κ3) is 5.36. The number of amides is 1. The van der Waals surface area contributed by atoms with E-state index < -0.39 is 10.0 Å². The number of halogens is 1. The maximum atomic E-state index is 12.9. The quantitative estimate of drug-likeness (QED) is 0.712. The topological polar surface area (TPSA) is 75.7 Å². The summed E-state index contributed by atoms with van der Waals surface area (Å²) in [6.07, 6.45) is 3.26. The van der Waals surface area contributed by atoms with Crippen LogP contribution in [0.15, 0.2) is 47.4 Å². The van der Waals surface area contributed by atoms with Crippen LogP contribution in [-0.4, -0.2) is 44.9 Å². The van der Waals surface area contributed by atoms with E-state index in [1.807, 2.05) is 24.3 Å². The van der Waals surface area contributed by atoms with E-state index in [0.717, 1.165) is 19.3 Å². The number of carbonyl (C=O) groups is 1. The average molecular weight is 437 g/mol. The summed E-state index contributed by atoms with van der Waals surface area (Å²) in [6, 6.07) is 12.0. The molecule has 29 heavy (non-hydrogen) atoms. The van der Waals surface area contributed by atoms with Crippen molar-refractivity contribution in [2.24, 2.45) is 0 Å². The molecule has 6 nitrogen and oxygen atoms in total. The lowest BCUT2D eigenvalue weighted by Gasteiger charge is -2.26. The monoisotopic (exact) mass is 436 g/mol. The molecule has 1 aliphatic rings. The largest absolute Gasteiger partial charge is 0.379 e. The molecule has 1 amide bonds. The summed E-state index contributed by atoms with van der Waals surface area (Å²) in [7, 11) is -3.79. The van der Waals surface area contributed by atoms with Gasteiger partial charge in [0.25, 0.3) is 5.91 Å². The van der Waals surface area contributed by atoms with E-state index in [1.165, 1.54) is 28.1 Å². The molecule has 1 N–H and O–H groups in total. The van der Waals surface area contributed by atoms with Gasteiger partial charge in [-0.25, -0.2) is 8.42 Å². The van der Waals surface area contributed by atoms with Crippen molar-refractivity contribution in [1.29, 1.82) is 0 Å². The van der Waals surface area contributed by atoms with Crippen LogP contribution < -0.4 is 5.32 Å². The van der Waals surface area contributed by atoms with Crippen LogP contribution >= 0.6 is 11.6 Å². The Morgan fingerprint density at radius 1 is 1.14 bits per heavy atom. The molecule has 8 heteroatoms. The Labute approximate surface area is 176 Å². The third-order valence-corrected chi connectivity index (χ3v) is 7.19. The smallest absolute Gasteiger partial charge is 0.255 e. The van der Waals surface area contributed by atoms with Crippen molar-refractivity contribution in [3.8, 4) is 0 Å². The molecule has 1 aliphatic heterocycles. The van der Waals surface area contributed by atoms with Gasteiger partial charge in [-0.05, 0) is 48.7 Å². The van der Waals surface area contributed by atoms with Crippen LogP contribution in [0.3, 0.4) is 0 Å². The first kappa shape index (κ1) is 21.8. The predicted molar refractivity (Wildman–Crippen MR) is 114 cm³/mol. The van der Waals surface area contributed by atoms with Crippen LogP contribution in [0, 0.1) is 0 Å². The van der Waals surface area contributed by atoms with Crippen molar-refractivity contribution in [3.63, 3.8) is 0 Å². The van der Waals surface area contributed by atoms with E-state index in [-0.39, 0.29) is 34.5 Å². The van der Waals surface area contributed by atoms with E-state index >= 15 is 0 Å². The number of ether oxygens (including phenoxy) is 1. The highest BCUT2D eigenvalue weighted by molar-refractivity contribution is 7.89. The van der Waals surface area contributed by atoms with E-state index in [9.17, 15) is 13.2 Å². The second kappa shape index (κ2) is 9.71. The Kier molecular flexibility index (Phi) is 7.29. The molecule has 1 fully saturated rings. The molecule has 2 aromatic carbocycles. The van der Waals surface area contributed by atoms with Crippen LogP contribution in [0.4, 0.5) is 5.69 Å². The molecule has 3 rings (SSSR count). The standard InChI is InChI=1S/C21H25ClN2O4S/c1-2-3-4-16-5-8-18(9-6-16)23-21(25)17-7-10-19(22)20(15-17)29(26,27)24-11-13-28-14-12-24/h5-10,15H,2-4,11-14H2,1H3,(H,23,25). The van der Waals surface area contributed by atoms with Gasteiger partial charge in [0.2, 0.25) is 10.0 Å². The fraction of sp³-hybridized carbons (Fsp3) is 0.381. The molecule has 0 aromatic heterocycles. The fourth-order valence-corrected chi connectivity index (χ4v) is 5.02. The minimum atomic E-state index is -3.79. The third-order valence-electron chi connectivity index (χ3n) is 4.81. The summed E-state index contributed by atoms with van der Waals surface area (Å²) >= 11 is 6.16. The maximum Gasteiger partial charge on any atom is 0.255 e. The lowest BCUT2D eigenvalue weighted by atomic mass is 10.1. The molecule has 0 unspecified atom stereocenters. The highest BCUT2D eigenvalue weighted by Crippen LogP contribution is 2.27.